The van der Waals surface area contributed by atoms with Crippen LogP contribution >= 0.6 is 0 Å². The summed E-state index contributed by atoms with van der Waals surface area (Å²) in [5.41, 5.74) is -0.0490. The molecule has 4 heteroatoms. The Kier molecular flexibility index (Phi) is 6.23. The second-order valence-corrected chi connectivity index (χ2v) is 12.9. The zero-order valence-corrected chi connectivity index (χ0v) is 21.6. The fraction of sp³-hybridized carbons (Fsp3) is 0.929. The van der Waals surface area contributed by atoms with E-state index >= 15 is 0 Å². The molecule has 0 aromatic carbocycles. The normalized spacial score (nSPS) is 50.1. The second-order valence-electron chi connectivity index (χ2n) is 12.9. The lowest BCUT2D eigenvalue weighted by Gasteiger charge is -2.67. The topological polar surface area (TPSA) is 58.9 Å². The molecule has 4 saturated carbocycles. The standard InChI is InChI=1S/C28H48O4/c1-9-22(30)32-24-19(4)26(7)10-11-27(12-13-27)21(16-29)20(26)15-28(31-8)18(3)14-17(2)23(24)25(28,5)6/h9,17-24,29-30H,1,10-16H2,2-8H3/t17?,18?,19?,20?,21?,22-,23?,24?,26-,28?/m0/s1. The molecular weight excluding hydrogens is 400 g/mol. The van der Waals surface area contributed by atoms with Gasteiger partial charge in [-0.2, -0.15) is 0 Å². The van der Waals surface area contributed by atoms with Gasteiger partial charge >= 0.3 is 0 Å². The van der Waals surface area contributed by atoms with Gasteiger partial charge < -0.3 is 19.7 Å². The van der Waals surface area contributed by atoms with Gasteiger partial charge in [0.1, 0.15) is 0 Å². The van der Waals surface area contributed by atoms with Gasteiger partial charge in [0.2, 0.25) is 0 Å². The van der Waals surface area contributed by atoms with E-state index in [2.05, 4.69) is 48.1 Å². The summed E-state index contributed by atoms with van der Waals surface area (Å²) in [6.07, 6.45) is 7.43. The molecule has 0 saturated heterocycles. The van der Waals surface area contributed by atoms with Crippen molar-refractivity contribution in [1.82, 2.24) is 0 Å². The summed E-state index contributed by atoms with van der Waals surface area (Å²) in [6.45, 7) is 18.4. The Bertz CT molecular complexity index is 714. The Morgan fingerprint density at radius 2 is 1.72 bits per heavy atom. The van der Waals surface area contributed by atoms with Crippen LogP contribution in [0.4, 0.5) is 0 Å². The van der Waals surface area contributed by atoms with Crippen molar-refractivity contribution in [3.05, 3.63) is 12.7 Å². The predicted octanol–water partition coefficient (Wildman–Crippen LogP) is 5.42. The second kappa shape index (κ2) is 8.07. The van der Waals surface area contributed by atoms with E-state index in [1.165, 1.54) is 25.3 Å². The van der Waals surface area contributed by atoms with Gasteiger partial charge in [-0.3, -0.25) is 0 Å². The molecule has 4 nitrogen and oxygen atoms in total. The first-order valence-corrected chi connectivity index (χ1v) is 13.1. The first-order chi connectivity index (χ1) is 14.9. The number of hydrogen-bond acceptors (Lipinski definition) is 4. The molecule has 8 unspecified atom stereocenters. The predicted molar refractivity (Wildman–Crippen MR) is 128 cm³/mol. The largest absolute Gasteiger partial charge is 0.396 e. The van der Waals surface area contributed by atoms with E-state index in [0.717, 1.165) is 19.3 Å². The van der Waals surface area contributed by atoms with E-state index in [-0.39, 0.29) is 41.0 Å². The first-order valence-electron chi connectivity index (χ1n) is 13.1. The molecule has 0 radical (unpaired) electrons. The highest BCUT2D eigenvalue weighted by atomic mass is 16.6. The van der Waals surface area contributed by atoms with Gasteiger partial charge in [0, 0.05) is 13.7 Å². The molecule has 4 aliphatic rings. The molecule has 0 aromatic rings. The summed E-state index contributed by atoms with van der Waals surface area (Å²) in [5, 5.41) is 21.3. The van der Waals surface area contributed by atoms with Crippen molar-refractivity contribution in [2.45, 2.75) is 98.1 Å². The summed E-state index contributed by atoms with van der Waals surface area (Å²) in [4.78, 5) is 0. The summed E-state index contributed by atoms with van der Waals surface area (Å²) in [6, 6.07) is 0. The van der Waals surface area contributed by atoms with Crippen molar-refractivity contribution in [1.29, 1.82) is 0 Å². The van der Waals surface area contributed by atoms with Crippen LogP contribution in [0.25, 0.3) is 0 Å². The quantitative estimate of drug-likeness (QED) is 0.435. The lowest BCUT2D eigenvalue weighted by Crippen LogP contribution is -2.68. The van der Waals surface area contributed by atoms with E-state index in [0.29, 0.717) is 29.1 Å². The molecule has 1 spiro atoms. The monoisotopic (exact) mass is 448 g/mol. The van der Waals surface area contributed by atoms with Crippen molar-refractivity contribution >= 4 is 0 Å². The maximum Gasteiger partial charge on any atom is 0.174 e. The zero-order valence-electron chi connectivity index (χ0n) is 21.6. The van der Waals surface area contributed by atoms with E-state index in [1.54, 1.807) is 0 Å². The van der Waals surface area contributed by atoms with Crippen LogP contribution in [0.3, 0.4) is 0 Å². The lowest BCUT2D eigenvalue weighted by atomic mass is 9.41. The van der Waals surface area contributed by atoms with Gasteiger partial charge in [-0.1, -0.05) is 48.1 Å². The summed E-state index contributed by atoms with van der Waals surface area (Å²) >= 11 is 0. The molecule has 0 aromatic heterocycles. The highest BCUT2D eigenvalue weighted by Gasteiger charge is 2.69. The Balaban J connectivity index is 1.90. The fourth-order valence-corrected chi connectivity index (χ4v) is 9.52. The molecule has 4 fully saturated rings. The number of fused-ring (bicyclic) bond motifs is 3. The fourth-order valence-electron chi connectivity index (χ4n) is 9.52. The van der Waals surface area contributed by atoms with Crippen LogP contribution in [-0.2, 0) is 9.47 Å². The number of aliphatic hydroxyl groups excluding tert-OH is 2. The van der Waals surface area contributed by atoms with Gasteiger partial charge in [0.05, 0.1) is 11.7 Å². The van der Waals surface area contributed by atoms with Crippen LogP contribution in [-0.4, -0.2) is 41.9 Å². The molecule has 0 heterocycles. The number of methoxy groups -OCH3 is 1. The maximum atomic E-state index is 10.7. The Hall–Kier alpha value is -0.420. The minimum Gasteiger partial charge on any atom is -0.396 e. The van der Waals surface area contributed by atoms with Gasteiger partial charge in [-0.25, -0.2) is 0 Å². The number of hydrogen-bond donors (Lipinski definition) is 2. The van der Waals surface area contributed by atoms with Crippen molar-refractivity contribution < 1.29 is 19.7 Å². The van der Waals surface area contributed by atoms with Crippen LogP contribution in [0.15, 0.2) is 12.7 Å². The third kappa shape index (κ3) is 3.22. The molecular formula is C28H48O4. The van der Waals surface area contributed by atoms with Crippen molar-refractivity contribution in [2.24, 2.45) is 51.8 Å². The molecule has 4 aliphatic carbocycles. The first kappa shape index (κ1) is 24.7. The third-order valence-corrected chi connectivity index (χ3v) is 11.7. The van der Waals surface area contributed by atoms with E-state index < -0.39 is 6.29 Å². The number of aliphatic hydroxyl groups is 2. The molecule has 2 N–H and O–H groups in total. The molecule has 32 heavy (non-hydrogen) atoms. The average Bonchev–Trinajstić information content (AvgIpc) is 3.51. The van der Waals surface area contributed by atoms with Crippen LogP contribution in [0.5, 0.6) is 0 Å². The Morgan fingerprint density at radius 3 is 2.25 bits per heavy atom. The minimum atomic E-state index is -0.963. The summed E-state index contributed by atoms with van der Waals surface area (Å²) in [5.74, 6) is 2.13. The molecule has 10 atom stereocenters. The van der Waals surface area contributed by atoms with Crippen molar-refractivity contribution in [3.8, 4) is 0 Å². The Morgan fingerprint density at radius 1 is 1.09 bits per heavy atom. The molecule has 0 aliphatic heterocycles. The van der Waals surface area contributed by atoms with Gasteiger partial charge in [0.15, 0.2) is 6.29 Å². The summed E-state index contributed by atoms with van der Waals surface area (Å²) in [7, 11) is 1.91. The highest BCUT2D eigenvalue weighted by Crippen LogP contribution is 2.71. The van der Waals surface area contributed by atoms with Gasteiger partial charge in [-0.15, -0.1) is 0 Å². The highest BCUT2D eigenvalue weighted by molar-refractivity contribution is 5.18. The van der Waals surface area contributed by atoms with Gasteiger partial charge in [-0.05, 0) is 96.4 Å². The zero-order chi connectivity index (χ0) is 23.7. The van der Waals surface area contributed by atoms with E-state index in [4.69, 9.17) is 9.47 Å². The maximum absolute atomic E-state index is 10.7. The molecule has 4 rings (SSSR count). The van der Waals surface area contributed by atoms with E-state index in [1.807, 2.05) is 7.11 Å². The van der Waals surface area contributed by atoms with E-state index in [9.17, 15) is 10.2 Å². The molecule has 2 bridgehead atoms. The average molecular weight is 449 g/mol. The summed E-state index contributed by atoms with van der Waals surface area (Å²) < 4.78 is 13.1. The van der Waals surface area contributed by atoms with Crippen LogP contribution in [0.1, 0.15) is 80.1 Å². The number of rotatable bonds is 5. The van der Waals surface area contributed by atoms with Crippen LogP contribution < -0.4 is 0 Å². The van der Waals surface area contributed by atoms with Crippen LogP contribution in [0.2, 0.25) is 0 Å². The Labute approximate surface area is 196 Å². The van der Waals surface area contributed by atoms with Crippen LogP contribution in [0, 0.1) is 51.8 Å². The smallest absolute Gasteiger partial charge is 0.174 e. The SMILES string of the molecule is C=C[C@@H](O)OC1C2C(C)CC(C)C(OC)(CC3C(CO)C4(CC4)CC[C@@]3(C)C1C)C2(C)C. The van der Waals surface area contributed by atoms with Crippen molar-refractivity contribution in [2.75, 3.05) is 13.7 Å². The molecule has 0 amide bonds. The third-order valence-electron chi connectivity index (χ3n) is 11.7. The molecule has 184 valence electrons. The van der Waals surface area contributed by atoms with Gasteiger partial charge in [0.25, 0.3) is 0 Å². The minimum absolute atomic E-state index is 0.0299. The lowest BCUT2D eigenvalue weighted by molar-refractivity contribution is -0.283. The number of ether oxygens (including phenoxy) is 2. The van der Waals surface area contributed by atoms with Crippen molar-refractivity contribution in [3.63, 3.8) is 0 Å².